The van der Waals surface area contributed by atoms with E-state index in [0.29, 0.717) is 12.0 Å². The van der Waals surface area contributed by atoms with Gasteiger partial charge in [0, 0.05) is 0 Å². The van der Waals surface area contributed by atoms with Gasteiger partial charge in [-0.15, -0.1) is 0 Å². The van der Waals surface area contributed by atoms with Gasteiger partial charge in [0.2, 0.25) is 0 Å². The van der Waals surface area contributed by atoms with Crippen LogP contribution < -0.4 is 0 Å². The van der Waals surface area contributed by atoms with Crippen molar-refractivity contribution in [1.82, 2.24) is 0 Å². The number of aryl methyl sites for hydroxylation is 1. The molecule has 0 aliphatic heterocycles. The maximum absolute atomic E-state index is 12.3. The van der Waals surface area contributed by atoms with Crippen molar-refractivity contribution in [2.75, 3.05) is 6.61 Å². The Morgan fingerprint density at radius 1 is 1.25 bits per heavy atom. The first-order valence-electron chi connectivity index (χ1n) is 4.88. The molecular weight excluding hydrogens is 221 g/mol. The molecule has 0 spiro atoms. The molecule has 0 saturated heterocycles. The van der Waals surface area contributed by atoms with Gasteiger partial charge in [0.25, 0.3) is 0 Å². The van der Waals surface area contributed by atoms with Gasteiger partial charge in [0.1, 0.15) is 0 Å². The average Bonchev–Trinajstić information content (AvgIpc) is 2.25. The summed E-state index contributed by atoms with van der Waals surface area (Å²) >= 11 is 0. The van der Waals surface area contributed by atoms with Crippen LogP contribution in [0.1, 0.15) is 17.5 Å². The standard InChI is InChI=1S/C11H13F3O2/c12-11(13,14)9-3-1-2-8(6-9)4-5-10(16)7-15/h1-3,6,10,15-16H,4-5,7H2/t10-/m0/s1. The van der Waals surface area contributed by atoms with Crippen LogP contribution in [0.25, 0.3) is 0 Å². The zero-order valence-corrected chi connectivity index (χ0v) is 8.54. The number of halogens is 3. The van der Waals surface area contributed by atoms with Crippen molar-refractivity contribution in [3.8, 4) is 0 Å². The maximum atomic E-state index is 12.3. The summed E-state index contributed by atoms with van der Waals surface area (Å²) in [7, 11) is 0. The van der Waals surface area contributed by atoms with Gasteiger partial charge in [0.15, 0.2) is 0 Å². The lowest BCUT2D eigenvalue weighted by atomic mass is 10.0. The number of benzene rings is 1. The van der Waals surface area contributed by atoms with E-state index in [9.17, 15) is 13.2 Å². The number of alkyl halides is 3. The van der Waals surface area contributed by atoms with E-state index in [4.69, 9.17) is 10.2 Å². The quantitative estimate of drug-likeness (QED) is 0.836. The molecule has 0 heterocycles. The number of hydrogen-bond donors (Lipinski definition) is 2. The summed E-state index contributed by atoms with van der Waals surface area (Å²) in [5.41, 5.74) is -0.189. The molecule has 0 amide bonds. The summed E-state index contributed by atoms with van der Waals surface area (Å²) in [5.74, 6) is 0. The van der Waals surface area contributed by atoms with Crippen LogP contribution in [0.3, 0.4) is 0 Å². The van der Waals surface area contributed by atoms with E-state index in [-0.39, 0.29) is 13.0 Å². The van der Waals surface area contributed by atoms with E-state index in [0.717, 1.165) is 12.1 Å². The van der Waals surface area contributed by atoms with Crippen LogP contribution in [0.15, 0.2) is 24.3 Å². The van der Waals surface area contributed by atoms with E-state index in [2.05, 4.69) is 0 Å². The van der Waals surface area contributed by atoms with Crippen molar-refractivity contribution >= 4 is 0 Å². The number of hydrogen-bond acceptors (Lipinski definition) is 2. The van der Waals surface area contributed by atoms with Crippen LogP contribution >= 0.6 is 0 Å². The third kappa shape index (κ3) is 3.83. The second-order valence-electron chi connectivity index (χ2n) is 3.57. The predicted octanol–water partition coefficient (Wildman–Crippen LogP) is 1.99. The normalized spacial score (nSPS) is 13.8. The van der Waals surface area contributed by atoms with Gasteiger partial charge < -0.3 is 10.2 Å². The third-order valence-corrected chi connectivity index (χ3v) is 2.23. The molecule has 0 unspecified atom stereocenters. The van der Waals surface area contributed by atoms with E-state index in [1.807, 2.05) is 0 Å². The number of rotatable bonds is 4. The van der Waals surface area contributed by atoms with Gasteiger partial charge in [-0.1, -0.05) is 18.2 Å². The van der Waals surface area contributed by atoms with Gasteiger partial charge in [-0.05, 0) is 24.5 Å². The van der Waals surface area contributed by atoms with Crippen molar-refractivity contribution in [3.05, 3.63) is 35.4 Å². The van der Waals surface area contributed by atoms with Gasteiger partial charge in [-0.2, -0.15) is 13.2 Å². The van der Waals surface area contributed by atoms with Crippen LogP contribution in [0.5, 0.6) is 0 Å². The average molecular weight is 234 g/mol. The molecule has 0 saturated carbocycles. The Hall–Kier alpha value is -1.07. The lowest BCUT2D eigenvalue weighted by molar-refractivity contribution is -0.137. The fourth-order valence-corrected chi connectivity index (χ4v) is 1.33. The molecule has 90 valence electrons. The van der Waals surface area contributed by atoms with E-state index in [1.54, 1.807) is 6.07 Å². The molecule has 1 aromatic carbocycles. The largest absolute Gasteiger partial charge is 0.416 e. The first kappa shape index (κ1) is 13.0. The summed E-state index contributed by atoms with van der Waals surface area (Å²) in [6, 6.07) is 4.97. The Labute approximate surface area is 91.3 Å². The molecule has 0 fully saturated rings. The second kappa shape index (κ2) is 5.32. The SMILES string of the molecule is OC[C@@H](O)CCc1cccc(C(F)(F)F)c1. The van der Waals surface area contributed by atoms with E-state index in [1.165, 1.54) is 6.07 Å². The highest BCUT2D eigenvalue weighted by Crippen LogP contribution is 2.29. The Balaban J connectivity index is 2.68. The van der Waals surface area contributed by atoms with Gasteiger partial charge >= 0.3 is 6.18 Å². The van der Waals surface area contributed by atoms with Gasteiger partial charge in [-0.3, -0.25) is 0 Å². The zero-order chi connectivity index (χ0) is 12.2. The Bertz CT molecular complexity index is 336. The summed E-state index contributed by atoms with van der Waals surface area (Å²) < 4.78 is 37.0. The molecule has 2 nitrogen and oxygen atoms in total. The van der Waals surface area contributed by atoms with Crippen molar-refractivity contribution in [3.63, 3.8) is 0 Å². The molecule has 0 radical (unpaired) electrons. The Morgan fingerprint density at radius 3 is 2.50 bits per heavy atom. The van der Waals surface area contributed by atoms with Crippen molar-refractivity contribution < 1.29 is 23.4 Å². The third-order valence-electron chi connectivity index (χ3n) is 2.23. The highest BCUT2D eigenvalue weighted by molar-refractivity contribution is 5.25. The predicted molar refractivity (Wildman–Crippen MR) is 52.9 cm³/mol. The van der Waals surface area contributed by atoms with Crippen LogP contribution in [0.4, 0.5) is 13.2 Å². The Kier molecular flexibility index (Phi) is 4.32. The summed E-state index contributed by atoms with van der Waals surface area (Å²) in [5, 5.41) is 17.6. The van der Waals surface area contributed by atoms with Crippen LogP contribution in [0.2, 0.25) is 0 Å². The summed E-state index contributed by atoms with van der Waals surface area (Å²) in [4.78, 5) is 0. The van der Waals surface area contributed by atoms with E-state index < -0.39 is 17.8 Å². The molecular formula is C11H13F3O2. The molecule has 0 aliphatic rings. The molecule has 0 aliphatic carbocycles. The molecule has 1 atom stereocenters. The molecule has 16 heavy (non-hydrogen) atoms. The summed E-state index contributed by atoms with van der Waals surface area (Å²) in [6.45, 7) is -0.376. The minimum atomic E-state index is -4.34. The highest BCUT2D eigenvalue weighted by atomic mass is 19.4. The van der Waals surface area contributed by atoms with Gasteiger partial charge in [0.05, 0.1) is 18.3 Å². The van der Waals surface area contributed by atoms with Crippen LogP contribution in [-0.2, 0) is 12.6 Å². The first-order valence-corrected chi connectivity index (χ1v) is 4.88. The minimum absolute atomic E-state index is 0.248. The maximum Gasteiger partial charge on any atom is 0.416 e. The second-order valence-corrected chi connectivity index (χ2v) is 3.57. The topological polar surface area (TPSA) is 40.5 Å². The van der Waals surface area contributed by atoms with E-state index >= 15 is 0 Å². The number of aliphatic hydroxyl groups excluding tert-OH is 2. The smallest absolute Gasteiger partial charge is 0.394 e. The van der Waals surface area contributed by atoms with Crippen LogP contribution in [0, 0.1) is 0 Å². The van der Waals surface area contributed by atoms with Gasteiger partial charge in [-0.25, -0.2) is 0 Å². The molecule has 1 rings (SSSR count). The monoisotopic (exact) mass is 234 g/mol. The van der Waals surface area contributed by atoms with Crippen molar-refractivity contribution in [2.24, 2.45) is 0 Å². The minimum Gasteiger partial charge on any atom is -0.394 e. The summed E-state index contributed by atoms with van der Waals surface area (Å²) in [6.07, 6.45) is -4.66. The lowest BCUT2D eigenvalue weighted by Crippen LogP contribution is -2.13. The van der Waals surface area contributed by atoms with Crippen LogP contribution in [-0.4, -0.2) is 22.9 Å². The van der Waals surface area contributed by atoms with Crippen molar-refractivity contribution in [1.29, 1.82) is 0 Å². The fourth-order valence-electron chi connectivity index (χ4n) is 1.33. The Morgan fingerprint density at radius 2 is 1.94 bits per heavy atom. The molecule has 0 bridgehead atoms. The fraction of sp³-hybridized carbons (Fsp3) is 0.455. The molecule has 2 N–H and O–H groups in total. The first-order chi connectivity index (χ1) is 7.43. The zero-order valence-electron chi connectivity index (χ0n) is 8.54. The highest BCUT2D eigenvalue weighted by Gasteiger charge is 2.30. The number of aliphatic hydroxyl groups is 2. The van der Waals surface area contributed by atoms with Crippen molar-refractivity contribution in [2.45, 2.75) is 25.1 Å². The lowest BCUT2D eigenvalue weighted by Gasteiger charge is -2.10. The molecule has 1 aromatic rings. The molecule has 0 aromatic heterocycles. The molecule has 5 heteroatoms.